The van der Waals surface area contributed by atoms with Gasteiger partial charge < -0.3 is 24.4 Å². The summed E-state index contributed by atoms with van der Waals surface area (Å²) in [4.78, 5) is 71.0. The largest absolute Gasteiger partial charge is 0.485 e. The molecular weight excluding hydrogens is 791 g/mol. The number of alkyl halides is 3. The van der Waals surface area contributed by atoms with Gasteiger partial charge in [0.2, 0.25) is 11.7 Å². The smallest absolute Gasteiger partial charge is 0.416 e. The molecule has 8 rings (SSSR count). The molecule has 1 aliphatic heterocycles. The van der Waals surface area contributed by atoms with Crippen molar-refractivity contribution < 1.29 is 32.3 Å². The van der Waals surface area contributed by atoms with Crippen LogP contribution in [0.3, 0.4) is 0 Å². The van der Waals surface area contributed by atoms with Crippen LogP contribution in [-0.2, 0) is 35.3 Å². The minimum atomic E-state index is -4.62. The SMILES string of the molecule is CCc1c(N2CCN(C(=O)c3ncnc(C)c3OCc3ccccc3)CC2)c(=O)n2nc(C3=CC4CC(=O)CC4C3)nc2n1CC(=O)Nc1ccc(C(F)(F)F)cc1Cl. The van der Waals surface area contributed by atoms with Crippen LogP contribution in [0.1, 0.15) is 65.0 Å². The molecule has 306 valence electrons. The topological polar surface area (TPSA) is 157 Å². The molecule has 2 atom stereocenters. The molecular formula is C41H39ClF3N9O5. The lowest BCUT2D eigenvalue weighted by Gasteiger charge is -2.36. The number of fused-ring (bicyclic) bond motifs is 2. The molecule has 59 heavy (non-hydrogen) atoms. The Morgan fingerprint density at radius 3 is 2.46 bits per heavy atom. The van der Waals surface area contributed by atoms with Crippen molar-refractivity contribution in [2.75, 3.05) is 36.4 Å². The van der Waals surface area contributed by atoms with Gasteiger partial charge in [-0.15, -0.1) is 5.10 Å². The molecule has 4 heterocycles. The standard InChI is InChI=1S/C41H39ClF3N9O5/c1-3-32-35(51-11-13-52(14-12-51)38(57)34-36(23(2)46-22-47-34)59-21-24-7-5-4-6-8-24)39(58)54-40(49-37(50-54)27-15-25-17-29(55)18-26(25)16-27)53(32)20-33(56)48-31-10-9-28(19-30(31)42)41(43,44)45/h4-10,15,19,22,25-26H,3,11-14,16-18,20-21H2,1-2H3,(H,48,56). The molecule has 1 saturated heterocycles. The van der Waals surface area contributed by atoms with E-state index in [0.717, 1.165) is 29.3 Å². The fraction of sp³-hybridized carbons (Fsp3) is 0.366. The number of Topliss-reactive ketones (excluding diaryl/α,β-unsaturated/α-hetero) is 1. The number of nitrogens with one attached hydrogen (secondary N) is 1. The number of hydrogen-bond acceptors (Lipinski definition) is 10. The highest BCUT2D eigenvalue weighted by molar-refractivity contribution is 6.33. The van der Waals surface area contributed by atoms with Crippen molar-refractivity contribution in [2.24, 2.45) is 11.8 Å². The molecule has 2 aromatic carbocycles. The Labute approximate surface area is 340 Å². The third kappa shape index (κ3) is 7.90. The second-order valence-electron chi connectivity index (χ2n) is 14.9. The normalized spacial score (nSPS) is 18.0. The number of ether oxygens (including phenoxy) is 1. The van der Waals surface area contributed by atoms with Crippen LogP contribution >= 0.6 is 11.6 Å². The number of anilines is 2. The van der Waals surface area contributed by atoms with Gasteiger partial charge in [0.05, 0.1) is 27.7 Å². The zero-order valence-corrected chi connectivity index (χ0v) is 32.9. The predicted molar refractivity (Wildman–Crippen MR) is 211 cm³/mol. The van der Waals surface area contributed by atoms with Gasteiger partial charge in [-0.25, -0.2) is 9.97 Å². The summed E-state index contributed by atoms with van der Waals surface area (Å²) in [5.74, 6) is 0.139. The van der Waals surface area contributed by atoms with E-state index in [0.29, 0.717) is 36.5 Å². The van der Waals surface area contributed by atoms with E-state index >= 15 is 0 Å². The number of aryl methyl sites for hydroxylation is 1. The number of halogens is 4. The number of nitrogens with zero attached hydrogens (tertiary/aromatic N) is 8. The summed E-state index contributed by atoms with van der Waals surface area (Å²) in [6.45, 7) is 4.37. The summed E-state index contributed by atoms with van der Waals surface area (Å²) in [7, 11) is 0. The van der Waals surface area contributed by atoms with Crippen LogP contribution in [0.2, 0.25) is 5.02 Å². The van der Waals surface area contributed by atoms with Gasteiger partial charge in [0.1, 0.15) is 30.9 Å². The zero-order valence-electron chi connectivity index (χ0n) is 32.1. The summed E-state index contributed by atoms with van der Waals surface area (Å²) in [5.41, 5.74) is 1.67. The lowest BCUT2D eigenvalue weighted by Crippen LogP contribution is -2.51. The van der Waals surface area contributed by atoms with E-state index in [1.807, 2.05) is 48.2 Å². The van der Waals surface area contributed by atoms with E-state index in [2.05, 4.69) is 20.4 Å². The number of piperazine rings is 1. The van der Waals surface area contributed by atoms with Gasteiger partial charge in [-0.2, -0.15) is 22.7 Å². The van der Waals surface area contributed by atoms with Crippen molar-refractivity contribution in [2.45, 2.75) is 58.9 Å². The average Bonchev–Trinajstić information content (AvgIpc) is 3.93. The Balaban J connectivity index is 1.09. The highest BCUT2D eigenvalue weighted by Gasteiger charge is 2.38. The maximum atomic E-state index is 14.5. The number of carbonyl (C=O) groups is 3. The Morgan fingerprint density at radius 2 is 1.76 bits per heavy atom. The number of carbonyl (C=O) groups excluding carboxylic acids is 3. The first-order valence-corrected chi connectivity index (χ1v) is 19.6. The van der Waals surface area contributed by atoms with Gasteiger partial charge in [0.15, 0.2) is 17.3 Å². The molecule has 2 unspecified atom stereocenters. The second kappa shape index (κ2) is 15.9. The predicted octanol–water partition coefficient (Wildman–Crippen LogP) is 5.79. The van der Waals surface area contributed by atoms with Crippen molar-refractivity contribution in [3.05, 3.63) is 110 Å². The van der Waals surface area contributed by atoms with E-state index in [9.17, 15) is 32.3 Å². The molecule has 2 amide bonds. The van der Waals surface area contributed by atoms with E-state index in [4.69, 9.17) is 21.3 Å². The molecule has 0 bridgehead atoms. The highest BCUT2D eigenvalue weighted by Crippen LogP contribution is 2.44. The number of allylic oxidation sites excluding steroid dienone is 2. The minimum Gasteiger partial charge on any atom is -0.485 e. The molecule has 2 aliphatic carbocycles. The number of benzene rings is 2. The van der Waals surface area contributed by atoms with E-state index in [1.165, 1.54) is 10.8 Å². The lowest BCUT2D eigenvalue weighted by molar-refractivity contribution is -0.137. The van der Waals surface area contributed by atoms with Crippen LogP contribution in [0.4, 0.5) is 24.5 Å². The van der Waals surface area contributed by atoms with Crippen LogP contribution in [0, 0.1) is 18.8 Å². The third-order valence-corrected chi connectivity index (χ3v) is 11.4. The van der Waals surface area contributed by atoms with Gasteiger partial charge in [0.25, 0.3) is 11.5 Å². The van der Waals surface area contributed by atoms with Crippen LogP contribution in [0.25, 0.3) is 11.4 Å². The van der Waals surface area contributed by atoms with Crippen molar-refractivity contribution in [3.8, 4) is 5.75 Å². The Kier molecular flexibility index (Phi) is 10.7. The molecule has 0 spiro atoms. The molecule has 0 radical (unpaired) electrons. The second-order valence-corrected chi connectivity index (χ2v) is 15.3. The number of aromatic nitrogens is 6. The van der Waals surface area contributed by atoms with Gasteiger partial charge in [-0.3, -0.25) is 19.2 Å². The molecule has 14 nitrogen and oxygen atoms in total. The van der Waals surface area contributed by atoms with Crippen molar-refractivity contribution in [1.29, 1.82) is 0 Å². The maximum Gasteiger partial charge on any atom is 0.416 e. The molecule has 2 fully saturated rings. The van der Waals surface area contributed by atoms with Gasteiger partial charge in [-0.05, 0) is 60.9 Å². The number of rotatable bonds is 10. The Morgan fingerprint density at radius 1 is 1.00 bits per heavy atom. The summed E-state index contributed by atoms with van der Waals surface area (Å²) < 4.78 is 48.8. The average molecular weight is 830 g/mol. The zero-order chi connectivity index (χ0) is 41.6. The molecule has 1 saturated carbocycles. The van der Waals surface area contributed by atoms with Gasteiger partial charge in [-0.1, -0.05) is 54.9 Å². The Bertz CT molecular complexity index is 2570. The van der Waals surface area contributed by atoms with E-state index < -0.39 is 23.2 Å². The Hall–Kier alpha value is -6.10. The molecule has 1 N–H and O–H groups in total. The summed E-state index contributed by atoms with van der Waals surface area (Å²) >= 11 is 6.17. The van der Waals surface area contributed by atoms with E-state index in [1.54, 1.807) is 16.4 Å². The molecule has 5 aromatic rings. The number of ketones is 1. The first-order valence-electron chi connectivity index (χ1n) is 19.2. The first kappa shape index (κ1) is 39.7. The summed E-state index contributed by atoms with van der Waals surface area (Å²) in [6.07, 6.45) is 0.459. The number of amides is 2. The van der Waals surface area contributed by atoms with E-state index in [-0.39, 0.29) is 103 Å². The van der Waals surface area contributed by atoms with Gasteiger partial charge in [0, 0.05) is 39.0 Å². The molecule has 3 aromatic heterocycles. The number of hydrogen-bond donors (Lipinski definition) is 1. The van der Waals surface area contributed by atoms with Crippen molar-refractivity contribution in [1.82, 2.24) is 34.0 Å². The van der Waals surface area contributed by atoms with Crippen LogP contribution < -0.4 is 20.5 Å². The highest BCUT2D eigenvalue weighted by atomic mass is 35.5. The van der Waals surface area contributed by atoms with Crippen LogP contribution in [0.15, 0.2) is 65.7 Å². The van der Waals surface area contributed by atoms with Gasteiger partial charge >= 0.3 is 6.18 Å². The minimum absolute atomic E-state index is 0.0207. The third-order valence-electron chi connectivity index (χ3n) is 11.1. The molecule has 3 aliphatic rings. The summed E-state index contributed by atoms with van der Waals surface area (Å²) in [5, 5.41) is 6.96. The lowest BCUT2D eigenvalue weighted by atomic mass is 10.00. The maximum absolute atomic E-state index is 14.5. The summed E-state index contributed by atoms with van der Waals surface area (Å²) in [6, 6.07) is 12.2. The van der Waals surface area contributed by atoms with Crippen LogP contribution in [0.5, 0.6) is 5.75 Å². The van der Waals surface area contributed by atoms with Crippen molar-refractivity contribution in [3.63, 3.8) is 0 Å². The van der Waals surface area contributed by atoms with Crippen molar-refractivity contribution >= 4 is 51.9 Å². The fourth-order valence-electron chi connectivity index (χ4n) is 8.14. The molecule has 18 heteroatoms. The quantitative estimate of drug-likeness (QED) is 0.183. The first-order chi connectivity index (χ1) is 28.3. The monoisotopic (exact) mass is 829 g/mol. The van der Waals surface area contributed by atoms with Crippen LogP contribution in [-0.4, -0.2) is 77.8 Å². The fourth-order valence-corrected chi connectivity index (χ4v) is 8.37.